The molecule has 1 aliphatic carbocycles. The second kappa shape index (κ2) is 15.3. The van der Waals surface area contributed by atoms with E-state index in [4.69, 9.17) is 23.6 Å². The summed E-state index contributed by atoms with van der Waals surface area (Å²) in [7, 11) is 0. The molecule has 0 saturated heterocycles. The van der Waals surface area contributed by atoms with Gasteiger partial charge >= 0.3 is 12.3 Å². The molecular weight excluding hydrogens is 520 g/mol. The maximum Gasteiger partial charge on any atom is 0.373 e. The van der Waals surface area contributed by atoms with Gasteiger partial charge in [0.05, 0.1) is 0 Å². The van der Waals surface area contributed by atoms with Crippen LogP contribution in [0.25, 0.3) is 11.3 Å². The molecule has 1 aromatic heterocycles. The van der Waals surface area contributed by atoms with Gasteiger partial charge < -0.3 is 9.73 Å². The van der Waals surface area contributed by atoms with Gasteiger partial charge in [0.2, 0.25) is 5.91 Å². The number of aromatic nitrogens is 1. The Balaban J connectivity index is 0.000000815. The number of nitrogens with one attached hydrogen (secondary N) is 1. The SMILES string of the molecule is CCC(CC)(CC(=O)c1ccc(Sc2ccc(-c3coc(C4CC4)n3)cc2)cc1)NC(C)=O.O=C=O.O=C=O. The van der Waals surface area contributed by atoms with E-state index in [1.165, 1.54) is 19.8 Å². The quantitative estimate of drug-likeness (QED) is 0.325. The number of Topliss-reactive ketones (excluding diaryl/α,β-unsaturated/α-hetero) is 1. The van der Waals surface area contributed by atoms with E-state index in [9.17, 15) is 9.59 Å². The number of carbonyl (C=O) groups is 2. The Morgan fingerprint density at radius 3 is 1.92 bits per heavy atom. The summed E-state index contributed by atoms with van der Waals surface area (Å²) >= 11 is 1.65. The van der Waals surface area contributed by atoms with Crippen LogP contribution in [0.2, 0.25) is 0 Å². The van der Waals surface area contributed by atoms with Crippen LogP contribution < -0.4 is 5.32 Å². The number of amides is 1. The van der Waals surface area contributed by atoms with Gasteiger partial charge in [-0.25, -0.2) is 4.98 Å². The van der Waals surface area contributed by atoms with Crippen LogP contribution in [0.5, 0.6) is 0 Å². The summed E-state index contributed by atoms with van der Waals surface area (Å²) in [6.45, 7) is 5.51. The maximum absolute atomic E-state index is 12.9. The van der Waals surface area contributed by atoms with Crippen molar-refractivity contribution < 1.29 is 33.2 Å². The van der Waals surface area contributed by atoms with Crippen molar-refractivity contribution in [1.29, 1.82) is 0 Å². The predicted molar refractivity (Wildman–Crippen MR) is 141 cm³/mol. The van der Waals surface area contributed by atoms with E-state index in [1.807, 2.05) is 38.1 Å². The average molecular weight is 551 g/mol. The zero-order valence-electron chi connectivity index (χ0n) is 22.0. The summed E-state index contributed by atoms with van der Waals surface area (Å²) in [5.41, 5.74) is 2.11. The van der Waals surface area contributed by atoms with E-state index in [0.717, 1.165) is 39.8 Å². The first-order chi connectivity index (χ1) is 18.7. The molecule has 1 aliphatic rings. The molecule has 1 N–H and O–H groups in total. The first kappa shape index (κ1) is 31.1. The second-order valence-corrected chi connectivity index (χ2v) is 10.1. The molecule has 9 nitrogen and oxygen atoms in total. The van der Waals surface area contributed by atoms with Gasteiger partial charge in [-0.1, -0.05) is 49.9 Å². The lowest BCUT2D eigenvalue weighted by atomic mass is 9.85. The molecule has 0 radical (unpaired) electrons. The Bertz CT molecular complexity index is 1280. The fourth-order valence-corrected chi connectivity index (χ4v) is 4.80. The fourth-order valence-electron chi connectivity index (χ4n) is 3.98. The van der Waals surface area contributed by atoms with Gasteiger partial charge in [-0.15, -0.1) is 0 Å². The highest BCUT2D eigenvalue weighted by Gasteiger charge is 2.30. The fraction of sp³-hybridized carbons (Fsp3) is 0.345. The van der Waals surface area contributed by atoms with Crippen molar-refractivity contribution in [3.05, 3.63) is 66.2 Å². The summed E-state index contributed by atoms with van der Waals surface area (Å²) in [5.74, 6) is 1.31. The summed E-state index contributed by atoms with van der Waals surface area (Å²) in [6, 6.07) is 16.0. The first-order valence-corrected chi connectivity index (χ1v) is 13.2. The molecule has 0 atom stereocenters. The zero-order valence-corrected chi connectivity index (χ0v) is 22.8. The molecule has 0 aliphatic heterocycles. The number of hydrogen-bond donors (Lipinski definition) is 1. The molecule has 0 unspecified atom stereocenters. The highest BCUT2D eigenvalue weighted by atomic mass is 32.2. The lowest BCUT2D eigenvalue weighted by Crippen LogP contribution is -2.48. The Kier molecular flexibility index (Phi) is 12.2. The smallest absolute Gasteiger partial charge is 0.373 e. The van der Waals surface area contributed by atoms with Crippen molar-refractivity contribution in [1.82, 2.24) is 10.3 Å². The third kappa shape index (κ3) is 9.61. The van der Waals surface area contributed by atoms with Crippen molar-refractivity contribution >= 4 is 35.8 Å². The van der Waals surface area contributed by atoms with Gasteiger partial charge in [0.15, 0.2) is 11.7 Å². The normalized spacial score (nSPS) is 12.0. The molecule has 1 fully saturated rings. The summed E-state index contributed by atoms with van der Waals surface area (Å²) in [4.78, 5) is 63.8. The molecule has 3 aromatic rings. The van der Waals surface area contributed by atoms with Gasteiger partial charge in [-0.3, -0.25) is 9.59 Å². The van der Waals surface area contributed by atoms with Gasteiger partial charge in [0.1, 0.15) is 12.0 Å². The summed E-state index contributed by atoms with van der Waals surface area (Å²) in [5, 5.41) is 2.99. The van der Waals surface area contributed by atoms with Gasteiger partial charge in [-0.2, -0.15) is 19.2 Å². The molecule has 1 saturated carbocycles. The van der Waals surface area contributed by atoms with Crippen molar-refractivity contribution in [3.8, 4) is 11.3 Å². The molecular formula is C29H30N2O7S. The number of oxazole rings is 1. The van der Waals surface area contributed by atoms with Crippen molar-refractivity contribution in [2.75, 3.05) is 0 Å². The number of ketones is 1. The Labute approximate surface area is 230 Å². The lowest BCUT2D eigenvalue weighted by molar-refractivity contribution is -0.193. The average Bonchev–Trinajstić information content (AvgIpc) is 3.66. The zero-order chi connectivity index (χ0) is 28.8. The van der Waals surface area contributed by atoms with Crippen LogP contribution in [-0.4, -0.2) is 34.5 Å². The van der Waals surface area contributed by atoms with Crippen LogP contribution in [-0.2, 0) is 24.0 Å². The number of carbonyl (C=O) groups excluding carboxylic acids is 6. The monoisotopic (exact) mass is 550 g/mol. The van der Waals surface area contributed by atoms with E-state index < -0.39 is 5.54 Å². The Hall–Kier alpha value is -4.10. The number of hydrogen-bond acceptors (Lipinski definition) is 9. The van der Waals surface area contributed by atoms with E-state index in [2.05, 4.69) is 34.6 Å². The molecule has 1 amide bonds. The van der Waals surface area contributed by atoms with Crippen LogP contribution >= 0.6 is 11.8 Å². The molecule has 2 aromatic carbocycles. The van der Waals surface area contributed by atoms with Crippen molar-refractivity contribution in [2.45, 2.75) is 74.1 Å². The first-order valence-electron chi connectivity index (χ1n) is 12.4. The highest BCUT2D eigenvalue weighted by molar-refractivity contribution is 7.99. The molecule has 1 heterocycles. The van der Waals surface area contributed by atoms with Crippen LogP contribution in [0.1, 0.15) is 75.0 Å². The van der Waals surface area contributed by atoms with Crippen LogP contribution in [0.4, 0.5) is 0 Å². The van der Waals surface area contributed by atoms with Crippen molar-refractivity contribution in [3.63, 3.8) is 0 Å². The van der Waals surface area contributed by atoms with Gasteiger partial charge in [0, 0.05) is 45.7 Å². The van der Waals surface area contributed by atoms with Gasteiger partial charge in [-0.05, 0) is 49.9 Å². The number of benzene rings is 2. The molecule has 0 spiro atoms. The predicted octanol–water partition coefficient (Wildman–Crippen LogP) is 5.47. The van der Waals surface area contributed by atoms with Crippen molar-refractivity contribution in [2.24, 2.45) is 0 Å². The standard InChI is InChI=1S/C27H30N2O3S.2CO2/c1-4-27(5-2,29-18(3)30)16-25(31)20-10-14-23(15-11-20)33-22-12-8-19(9-13-22)24-17-32-26(28-24)21-6-7-21;2*2-1-3/h8-15,17,21H,4-7,16H2,1-3H3,(H,29,30);;. The Morgan fingerprint density at radius 2 is 1.46 bits per heavy atom. The largest absolute Gasteiger partial charge is 0.448 e. The maximum atomic E-state index is 12.9. The topological polar surface area (TPSA) is 140 Å². The minimum atomic E-state index is -0.485. The molecule has 204 valence electrons. The number of rotatable bonds is 10. The van der Waals surface area contributed by atoms with Crippen LogP contribution in [0.3, 0.4) is 0 Å². The Morgan fingerprint density at radius 1 is 0.949 bits per heavy atom. The molecule has 39 heavy (non-hydrogen) atoms. The molecule has 0 bridgehead atoms. The van der Waals surface area contributed by atoms with Crippen LogP contribution in [0.15, 0.2) is 69.0 Å². The van der Waals surface area contributed by atoms with Gasteiger partial charge in [0.25, 0.3) is 0 Å². The molecule has 4 rings (SSSR count). The minimum Gasteiger partial charge on any atom is -0.448 e. The lowest BCUT2D eigenvalue weighted by Gasteiger charge is -2.32. The highest BCUT2D eigenvalue weighted by Crippen LogP contribution is 2.40. The second-order valence-electron chi connectivity index (χ2n) is 8.93. The summed E-state index contributed by atoms with van der Waals surface area (Å²) < 4.78 is 5.60. The molecule has 10 heteroatoms. The summed E-state index contributed by atoms with van der Waals surface area (Å²) in [6.07, 6.45) is 6.33. The third-order valence-electron chi connectivity index (χ3n) is 6.30. The van der Waals surface area contributed by atoms with E-state index in [0.29, 0.717) is 17.9 Å². The van der Waals surface area contributed by atoms with E-state index in [1.54, 1.807) is 18.0 Å². The third-order valence-corrected chi connectivity index (χ3v) is 7.32. The van der Waals surface area contributed by atoms with Crippen LogP contribution in [0, 0.1) is 0 Å². The minimum absolute atomic E-state index is 0.0477. The van der Waals surface area contributed by atoms with E-state index in [-0.39, 0.29) is 24.0 Å². The number of nitrogens with zero attached hydrogens (tertiary/aromatic N) is 1. The van der Waals surface area contributed by atoms with E-state index >= 15 is 0 Å².